The largest absolute Gasteiger partial charge is 0.260 e. The predicted molar refractivity (Wildman–Crippen MR) is 65.6 cm³/mol. The van der Waals surface area contributed by atoms with Gasteiger partial charge in [-0.25, -0.2) is 8.42 Å². The standard InChI is InChI=1S/C13H10N2O2S/c1-10-2-5-13(9-15-10)18(16,17)12-6-3-11(8-14)4-7-12/h2-7,9H,1H3. The quantitative estimate of drug-likeness (QED) is 0.827. The number of nitriles is 1. The summed E-state index contributed by atoms with van der Waals surface area (Å²) in [7, 11) is -3.55. The van der Waals surface area contributed by atoms with E-state index in [1.165, 1.54) is 36.5 Å². The molecule has 0 unspecified atom stereocenters. The van der Waals surface area contributed by atoms with Crippen LogP contribution in [0, 0.1) is 18.3 Å². The molecule has 18 heavy (non-hydrogen) atoms. The van der Waals surface area contributed by atoms with Gasteiger partial charge in [0, 0.05) is 11.9 Å². The summed E-state index contributed by atoms with van der Waals surface area (Å²) in [4.78, 5) is 4.28. The molecule has 0 spiro atoms. The number of rotatable bonds is 2. The van der Waals surface area contributed by atoms with Gasteiger partial charge in [0.15, 0.2) is 0 Å². The molecular weight excluding hydrogens is 248 g/mol. The van der Waals surface area contributed by atoms with E-state index in [1.807, 2.05) is 6.07 Å². The lowest BCUT2D eigenvalue weighted by Gasteiger charge is -2.04. The number of aryl methyl sites for hydroxylation is 1. The fraction of sp³-hybridized carbons (Fsp3) is 0.0769. The first-order chi connectivity index (χ1) is 8.54. The third-order valence-electron chi connectivity index (χ3n) is 2.49. The summed E-state index contributed by atoms with van der Waals surface area (Å²) < 4.78 is 24.4. The Morgan fingerprint density at radius 2 is 1.67 bits per heavy atom. The Labute approximate surface area is 105 Å². The monoisotopic (exact) mass is 258 g/mol. The minimum Gasteiger partial charge on any atom is -0.260 e. The lowest BCUT2D eigenvalue weighted by Crippen LogP contribution is -2.02. The summed E-state index contributed by atoms with van der Waals surface area (Å²) in [6.07, 6.45) is 1.34. The molecule has 0 bridgehead atoms. The van der Waals surface area contributed by atoms with Crippen LogP contribution in [0.25, 0.3) is 0 Å². The van der Waals surface area contributed by atoms with Gasteiger partial charge in [-0.2, -0.15) is 5.26 Å². The van der Waals surface area contributed by atoms with E-state index < -0.39 is 9.84 Å². The van der Waals surface area contributed by atoms with Gasteiger partial charge in [-0.1, -0.05) is 0 Å². The van der Waals surface area contributed by atoms with Crippen LogP contribution in [0.1, 0.15) is 11.3 Å². The van der Waals surface area contributed by atoms with Crippen molar-refractivity contribution < 1.29 is 8.42 Å². The summed E-state index contributed by atoms with van der Waals surface area (Å²) in [5.74, 6) is 0. The third-order valence-corrected chi connectivity index (χ3v) is 4.24. The molecule has 2 aromatic rings. The molecule has 0 radical (unpaired) electrons. The van der Waals surface area contributed by atoms with Gasteiger partial charge in [0.1, 0.15) is 0 Å². The minimum atomic E-state index is -3.55. The molecule has 0 saturated carbocycles. The Morgan fingerprint density at radius 1 is 1.06 bits per heavy atom. The Bertz CT molecular complexity index is 696. The summed E-state index contributed by atoms with van der Waals surface area (Å²) in [6, 6.07) is 10.9. The molecule has 1 heterocycles. The molecule has 0 saturated heterocycles. The van der Waals surface area contributed by atoms with Crippen molar-refractivity contribution in [3.05, 3.63) is 53.9 Å². The Kier molecular flexibility index (Phi) is 3.13. The van der Waals surface area contributed by atoms with Crippen LogP contribution in [0.3, 0.4) is 0 Å². The second kappa shape index (κ2) is 4.59. The van der Waals surface area contributed by atoms with E-state index >= 15 is 0 Å². The molecule has 5 heteroatoms. The average molecular weight is 258 g/mol. The number of pyridine rings is 1. The van der Waals surface area contributed by atoms with Crippen molar-refractivity contribution >= 4 is 9.84 Å². The fourth-order valence-electron chi connectivity index (χ4n) is 1.46. The van der Waals surface area contributed by atoms with Gasteiger partial charge >= 0.3 is 0 Å². The Morgan fingerprint density at radius 3 is 2.17 bits per heavy atom. The van der Waals surface area contributed by atoms with E-state index in [0.29, 0.717) is 5.56 Å². The second-order valence-electron chi connectivity index (χ2n) is 3.77. The first kappa shape index (κ1) is 12.3. The lowest BCUT2D eigenvalue weighted by molar-refractivity contribution is 0.595. The summed E-state index contributed by atoms with van der Waals surface area (Å²) in [5, 5.41) is 8.67. The molecule has 0 aliphatic heterocycles. The summed E-state index contributed by atoms with van der Waals surface area (Å²) in [6.45, 7) is 1.79. The van der Waals surface area contributed by atoms with Crippen molar-refractivity contribution in [2.45, 2.75) is 16.7 Å². The molecule has 1 aromatic carbocycles. The highest BCUT2D eigenvalue weighted by Gasteiger charge is 2.17. The topological polar surface area (TPSA) is 70.8 Å². The van der Waals surface area contributed by atoms with Gasteiger partial charge in [-0.15, -0.1) is 0 Å². The zero-order valence-electron chi connectivity index (χ0n) is 9.66. The number of benzene rings is 1. The van der Waals surface area contributed by atoms with Gasteiger partial charge in [0.2, 0.25) is 9.84 Å². The first-order valence-electron chi connectivity index (χ1n) is 5.22. The van der Waals surface area contributed by atoms with E-state index in [1.54, 1.807) is 13.0 Å². The Balaban J connectivity index is 2.48. The summed E-state index contributed by atoms with van der Waals surface area (Å²) >= 11 is 0. The van der Waals surface area contributed by atoms with Crippen LogP contribution in [0.2, 0.25) is 0 Å². The van der Waals surface area contributed by atoms with Crippen molar-refractivity contribution in [1.82, 2.24) is 4.98 Å². The molecule has 4 nitrogen and oxygen atoms in total. The number of sulfone groups is 1. The van der Waals surface area contributed by atoms with E-state index in [0.717, 1.165) is 5.69 Å². The maximum atomic E-state index is 12.2. The van der Waals surface area contributed by atoms with Crippen LogP contribution in [0.4, 0.5) is 0 Å². The van der Waals surface area contributed by atoms with E-state index in [9.17, 15) is 8.42 Å². The van der Waals surface area contributed by atoms with Crippen molar-refractivity contribution in [3.63, 3.8) is 0 Å². The van der Waals surface area contributed by atoms with Gasteiger partial charge in [0.05, 0.1) is 21.4 Å². The highest BCUT2D eigenvalue weighted by molar-refractivity contribution is 7.91. The van der Waals surface area contributed by atoms with Gasteiger partial charge in [-0.05, 0) is 43.3 Å². The molecule has 0 aliphatic carbocycles. The number of aromatic nitrogens is 1. The molecule has 1 aromatic heterocycles. The second-order valence-corrected chi connectivity index (χ2v) is 5.72. The Hall–Kier alpha value is -2.19. The normalized spacial score (nSPS) is 10.9. The average Bonchev–Trinajstić information content (AvgIpc) is 2.39. The minimum absolute atomic E-state index is 0.151. The van der Waals surface area contributed by atoms with E-state index in [-0.39, 0.29) is 9.79 Å². The van der Waals surface area contributed by atoms with Crippen LogP contribution < -0.4 is 0 Å². The molecule has 0 N–H and O–H groups in total. The molecule has 0 amide bonds. The van der Waals surface area contributed by atoms with Crippen molar-refractivity contribution in [2.24, 2.45) is 0 Å². The van der Waals surface area contributed by atoms with Crippen molar-refractivity contribution in [3.8, 4) is 6.07 Å². The highest BCUT2D eigenvalue weighted by atomic mass is 32.2. The molecule has 90 valence electrons. The SMILES string of the molecule is Cc1ccc(S(=O)(=O)c2ccc(C#N)cc2)cn1. The maximum absolute atomic E-state index is 12.2. The van der Waals surface area contributed by atoms with Crippen molar-refractivity contribution in [2.75, 3.05) is 0 Å². The number of hydrogen-bond donors (Lipinski definition) is 0. The smallest absolute Gasteiger partial charge is 0.208 e. The van der Waals surface area contributed by atoms with E-state index in [4.69, 9.17) is 5.26 Å². The zero-order valence-corrected chi connectivity index (χ0v) is 10.5. The van der Waals surface area contributed by atoms with Gasteiger partial charge in [-0.3, -0.25) is 4.98 Å². The third kappa shape index (κ3) is 2.24. The van der Waals surface area contributed by atoms with Crippen molar-refractivity contribution in [1.29, 1.82) is 5.26 Å². The van der Waals surface area contributed by atoms with Gasteiger partial charge < -0.3 is 0 Å². The van der Waals surface area contributed by atoms with Crippen LogP contribution in [0.5, 0.6) is 0 Å². The van der Waals surface area contributed by atoms with Gasteiger partial charge in [0.25, 0.3) is 0 Å². The molecule has 0 atom stereocenters. The zero-order chi connectivity index (χ0) is 13.2. The van der Waals surface area contributed by atoms with E-state index in [2.05, 4.69) is 4.98 Å². The molecule has 2 rings (SSSR count). The maximum Gasteiger partial charge on any atom is 0.208 e. The lowest BCUT2D eigenvalue weighted by atomic mass is 10.2. The van der Waals surface area contributed by atoms with Crippen LogP contribution in [-0.4, -0.2) is 13.4 Å². The highest BCUT2D eigenvalue weighted by Crippen LogP contribution is 2.20. The molecule has 0 fully saturated rings. The summed E-state index contributed by atoms with van der Waals surface area (Å²) in [5.41, 5.74) is 1.18. The predicted octanol–water partition coefficient (Wildman–Crippen LogP) is 2.09. The number of nitrogens with zero attached hydrogens (tertiary/aromatic N) is 2. The molecular formula is C13H10N2O2S. The first-order valence-corrected chi connectivity index (χ1v) is 6.70. The van der Waals surface area contributed by atoms with Crippen LogP contribution in [-0.2, 0) is 9.84 Å². The fourth-order valence-corrected chi connectivity index (χ4v) is 2.66. The van der Waals surface area contributed by atoms with Crippen LogP contribution in [0.15, 0.2) is 52.4 Å². The number of hydrogen-bond acceptors (Lipinski definition) is 4. The van der Waals surface area contributed by atoms with Crippen LogP contribution >= 0.6 is 0 Å². The molecule has 0 aliphatic rings.